The van der Waals surface area contributed by atoms with Crippen LogP contribution in [-0.2, 0) is 14.3 Å². The Bertz CT molecular complexity index is 887. The van der Waals surface area contributed by atoms with E-state index in [2.05, 4.69) is 5.32 Å². The van der Waals surface area contributed by atoms with Gasteiger partial charge in [0, 0.05) is 24.1 Å². The molecule has 1 aliphatic heterocycles. The smallest absolute Gasteiger partial charge is 0.338 e. The van der Waals surface area contributed by atoms with Gasteiger partial charge in [0.2, 0.25) is 11.8 Å². The lowest BCUT2D eigenvalue weighted by molar-refractivity contribution is -0.121. The van der Waals surface area contributed by atoms with Crippen molar-refractivity contribution < 1.29 is 23.9 Å². The Labute approximate surface area is 162 Å². The van der Waals surface area contributed by atoms with Gasteiger partial charge >= 0.3 is 5.97 Å². The van der Waals surface area contributed by atoms with Crippen LogP contribution in [0.1, 0.15) is 46.9 Å². The summed E-state index contributed by atoms with van der Waals surface area (Å²) in [7, 11) is 0. The molecule has 0 aliphatic carbocycles. The number of nitrogens with zero attached hydrogens (tertiary/aromatic N) is 1. The first-order valence-corrected chi connectivity index (χ1v) is 9.04. The van der Waals surface area contributed by atoms with Crippen LogP contribution in [-0.4, -0.2) is 30.3 Å². The number of ether oxygens (including phenoxy) is 1. The van der Waals surface area contributed by atoms with E-state index in [9.17, 15) is 19.2 Å². The average Bonchev–Trinajstić information content (AvgIpc) is 3.05. The number of rotatable bonds is 6. The molecule has 0 spiro atoms. The molecule has 144 valence electrons. The van der Waals surface area contributed by atoms with Crippen LogP contribution in [0.3, 0.4) is 0 Å². The van der Waals surface area contributed by atoms with E-state index in [-0.39, 0.29) is 30.6 Å². The van der Waals surface area contributed by atoms with E-state index in [1.54, 1.807) is 48.5 Å². The number of esters is 1. The van der Waals surface area contributed by atoms with Crippen molar-refractivity contribution in [1.82, 2.24) is 0 Å². The van der Waals surface area contributed by atoms with Gasteiger partial charge in [-0.15, -0.1) is 0 Å². The predicted molar refractivity (Wildman–Crippen MR) is 103 cm³/mol. The van der Waals surface area contributed by atoms with E-state index in [4.69, 9.17) is 4.74 Å². The van der Waals surface area contributed by atoms with E-state index in [0.717, 1.165) is 11.3 Å². The molecule has 1 aliphatic rings. The summed E-state index contributed by atoms with van der Waals surface area (Å²) >= 11 is 0. The molecule has 2 aromatic carbocycles. The van der Waals surface area contributed by atoms with Crippen LogP contribution in [0.4, 0.5) is 11.4 Å². The van der Waals surface area contributed by atoms with E-state index in [1.165, 1.54) is 0 Å². The van der Waals surface area contributed by atoms with Crippen molar-refractivity contribution in [2.24, 2.45) is 0 Å². The second-order valence-corrected chi connectivity index (χ2v) is 6.34. The van der Waals surface area contributed by atoms with Crippen molar-refractivity contribution in [2.45, 2.75) is 26.2 Å². The van der Waals surface area contributed by atoms with Gasteiger partial charge in [-0.3, -0.25) is 19.3 Å². The highest BCUT2D eigenvalue weighted by Gasteiger charge is 2.30. The fourth-order valence-corrected chi connectivity index (χ4v) is 2.80. The summed E-state index contributed by atoms with van der Waals surface area (Å²) < 4.78 is 5.06. The topological polar surface area (TPSA) is 92.8 Å². The predicted octanol–water partition coefficient (Wildman–Crippen LogP) is 3.16. The molecule has 0 saturated carbocycles. The zero-order chi connectivity index (χ0) is 20.1. The van der Waals surface area contributed by atoms with Gasteiger partial charge in [0.25, 0.3) is 5.91 Å². The highest BCUT2D eigenvalue weighted by molar-refractivity contribution is 6.20. The zero-order valence-electron chi connectivity index (χ0n) is 15.4. The van der Waals surface area contributed by atoms with Gasteiger partial charge in [-0.2, -0.15) is 0 Å². The minimum absolute atomic E-state index is 0.211. The third kappa shape index (κ3) is 4.25. The van der Waals surface area contributed by atoms with Crippen LogP contribution in [0, 0.1) is 0 Å². The van der Waals surface area contributed by atoms with Crippen molar-refractivity contribution >= 4 is 35.1 Å². The Kier molecular flexibility index (Phi) is 5.84. The molecule has 7 heteroatoms. The molecule has 0 unspecified atom stereocenters. The van der Waals surface area contributed by atoms with Crippen LogP contribution in [0.2, 0.25) is 0 Å². The second-order valence-electron chi connectivity index (χ2n) is 6.34. The molecule has 0 bridgehead atoms. The van der Waals surface area contributed by atoms with Crippen molar-refractivity contribution in [3.63, 3.8) is 0 Å². The number of benzene rings is 2. The fraction of sp³-hybridized carbons (Fsp3) is 0.238. The zero-order valence-corrected chi connectivity index (χ0v) is 15.4. The molecule has 3 rings (SSSR count). The first kappa shape index (κ1) is 19.3. The molecule has 1 fully saturated rings. The van der Waals surface area contributed by atoms with Crippen molar-refractivity contribution in [3.8, 4) is 0 Å². The number of carbonyl (C=O) groups excluding carboxylic acids is 4. The lowest BCUT2D eigenvalue weighted by atomic mass is 10.1. The van der Waals surface area contributed by atoms with Gasteiger partial charge in [-0.25, -0.2) is 4.79 Å². The van der Waals surface area contributed by atoms with Crippen molar-refractivity contribution in [1.29, 1.82) is 0 Å². The Hall–Kier alpha value is -3.48. The van der Waals surface area contributed by atoms with Gasteiger partial charge < -0.3 is 10.1 Å². The maximum absolute atomic E-state index is 12.4. The Balaban J connectivity index is 1.64. The normalized spacial score (nSPS) is 13.5. The number of carbonyl (C=O) groups is 4. The monoisotopic (exact) mass is 380 g/mol. The highest BCUT2D eigenvalue weighted by atomic mass is 16.5. The highest BCUT2D eigenvalue weighted by Crippen LogP contribution is 2.23. The van der Waals surface area contributed by atoms with E-state index in [1.807, 2.05) is 6.92 Å². The van der Waals surface area contributed by atoms with Gasteiger partial charge in [-0.1, -0.05) is 6.92 Å². The largest absolute Gasteiger partial charge is 0.462 e. The second kappa shape index (κ2) is 8.47. The maximum Gasteiger partial charge on any atom is 0.338 e. The summed E-state index contributed by atoms with van der Waals surface area (Å²) in [6.45, 7) is 2.28. The van der Waals surface area contributed by atoms with Crippen LogP contribution >= 0.6 is 0 Å². The van der Waals surface area contributed by atoms with E-state index >= 15 is 0 Å². The number of hydrogen-bond acceptors (Lipinski definition) is 5. The van der Waals surface area contributed by atoms with E-state index < -0.39 is 5.97 Å². The molecule has 3 amide bonds. The summed E-state index contributed by atoms with van der Waals surface area (Å²) in [5.74, 6) is -1.22. The first-order chi connectivity index (χ1) is 13.5. The number of nitrogens with one attached hydrogen (secondary N) is 1. The molecule has 1 N–H and O–H groups in total. The van der Waals surface area contributed by atoms with Gasteiger partial charge in [0.15, 0.2) is 0 Å². The minimum Gasteiger partial charge on any atom is -0.462 e. The lowest BCUT2D eigenvalue weighted by Crippen LogP contribution is -2.28. The molecule has 7 nitrogen and oxygen atoms in total. The lowest BCUT2D eigenvalue weighted by Gasteiger charge is -2.14. The number of anilines is 2. The molecule has 1 saturated heterocycles. The number of imide groups is 1. The molecule has 0 aromatic heterocycles. The molecular weight excluding hydrogens is 360 g/mol. The van der Waals surface area contributed by atoms with Crippen LogP contribution in [0.25, 0.3) is 0 Å². The Morgan fingerprint density at radius 1 is 0.929 bits per heavy atom. The van der Waals surface area contributed by atoms with Crippen molar-refractivity contribution in [3.05, 3.63) is 59.7 Å². The summed E-state index contributed by atoms with van der Waals surface area (Å²) in [5.41, 5.74) is 1.79. The third-order valence-electron chi connectivity index (χ3n) is 4.25. The van der Waals surface area contributed by atoms with Crippen LogP contribution in [0.15, 0.2) is 48.5 Å². The first-order valence-electron chi connectivity index (χ1n) is 9.04. The Morgan fingerprint density at radius 3 is 2.07 bits per heavy atom. The quantitative estimate of drug-likeness (QED) is 0.614. The molecule has 0 radical (unpaired) electrons. The van der Waals surface area contributed by atoms with Crippen LogP contribution in [0.5, 0.6) is 0 Å². The van der Waals surface area contributed by atoms with Gasteiger partial charge in [0.05, 0.1) is 17.9 Å². The van der Waals surface area contributed by atoms with Gasteiger partial charge in [-0.05, 0) is 55.0 Å². The Morgan fingerprint density at radius 2 is 1.50 bits per heavy atom. The maximum atomic E-state index is 12.4. The molecular formula is C21H20N2O5. The molecule has 1 heterocycles. The standard InChI is InChI=1S/C21H20N2O5/c1-2-13-28-21(27)15-3-7-16(8-4-15)22-20(26)14-5-9-17(10-6-14)23-18(24)11-12-19(23)25/h3-10H,2,11-13H2,1H3,(H,22,26). The summed E-state index contributed by atoms with van der Waals surface area (Å²) in [6.07, 6.45) is 1.17. The average molecular weight is 380 g/mol. The minimum atomic E-state index is -0.402. The molecule has 2 aromatic rings. The SMILES string of the molecule is CCCOC(=O)c1ccc(NC(=O)c2ccc(N3C(=O)CCC3=O)cc2)cc1. The summed E-state index contributed by atoms with van der Waals surface area (Å²) in [6, 6.07) is 12.7. The summed E-state index contributed by atoms with van der Waals surface area (Å²) in [5, 5.41) is 2.74. The molecule has 28 heavy (non-hydrogen) atoms. The summed E-state index contributed by atoms with van der Waals surface area (Å²) in [4.78, 5) is 48.8. The van der Waals surface area contributed by atoms with Crippen molar-refractivity contribution in [2.75, 3.05) is 16.8 Å². The fourth-order valence-electron chi connectivity index (χ4n) is 2.80. The third-order valence-corrected chi connectivity index (χ3v) is 4.25. The number of hydrogen-bond donors (Lipinski definition) is 1. The molecule has 0 atom stereocenters. The number of amides is 3. The van der Waals surface area contributed by atoms with Gasteiger partial charge in [0.1, 0.15) is 0 Å². The van der Waals surface area contributed by atoms with E-state index in [0.29, 0.717) is 29.1 Å². The van der Waals surface area contributed by atoms with Crippen LogP contribution < -0.4 is 10.2 Å².